The zero-order valence-electron chi connectivity index (χ0n) is 29.8. The van der Waals surface area contributed by atoms with Crippen LogP contribution in [-0.4, -0.2) is 86.7 Å². The molecule has 5 rings (SSSR count). The molecule has 19 nitrogen and oxygen atoms in total. The maximum Gasteiger partial charge on any atom is 0.515 e. The van der Waals surface area contributed by atoms with Gasteiger partial charge in [-0.3, -0.25) is 25.7 Å². The van der Waals surface area contributed by atoms with Crippen molar-refractivity contribution in [1.29, 1.82) is 0 Å². The van der Waals surface area contributed by atoms with E-state index in [2.05, 4.69) is 37.0 Å². The molecule has 0 spiro atoms. The van der Waals surface area contributed by atoms with E-state index in [0.717, 1.165) is 34.3 Å². The number of carbonyl (C=O) groups is 2. The molecule has 0 saturated carbocycles. The first-order valence-electron chi connectivity index (χ1n) is 17.0. The van der Waals surface area contributed by atoms with Gasteiger partial charge in [0, 0.05) is 24.9 Å². The van der Waals surface area contributed by atoms with Gasteiger partial charge in [0.25, 0.3) is 0 Å². The summed E-state index contributed by atoms with van der Waals surface area (Å²) in [6.07, 6.45) is 0.547. The Morgan fingerprint density at radius 1 is 0.891 bits per heavy atom. The van der Waals surface area contributed by atoms with Gasteiger partial charge >= 0.3 is 12.1 Å². The fourth-order valence-electron chi connectivity index (χ4n) is 5.32. The van der Waals surface area contributed by atoms with Gasteiger partial charge in [0.1, 0.15) is 11.6 Å². The lowest BCUT2D eigenvalue weighted by molar-refractivity contribution is -0.497. The van der Waals surface area contributed by atoms with E-state index in [4.69, 9.17) is 46.6 Å². The number of ether oxygens (including phenoxy) is 3. The van der Waals surface area contributed by atoms with E-state index in [1.54, 1.807) is 23.6 Å². The van der Waals surface area contributed by atoms with Crippen molar-refractivity contribution in [1.82, 2.24) is 40.5 Å². The number of halogens is 1. The summed E-state index contributed by atoms with van der Waals surface area (Å²) in [6, 6.07) is 21.4. The number of tetrazole rings is 1. The van der Waals surface area contributed by atoms with Crippen LogP contribution in [0, 0.1) is 0 Å². The van der Waals surface area contributed by atoms with Gasteiger partial charge in [0.2, 0.25) is 12.1 Å². The molecule has 2 heterocycles. The second-order valence-corrected chi connectivity index (χ2v) is 12.2. The van der Waals surface area contributed by atoms with Crippen LogP contribution in [0.15, 0.2) is 72.8 Å². The fourth-order valence-corrected chi connectivity index (χ4v) is 5.60. The summed E-state index contributed by atoms with van der Waals surface area (Å²) >= 11 is 6.46. The zero-order valence-corrected chi connectivity index (χ0v) is 30.5. The van der Waals surface area contributed by atoms with Crippen molar-refractivity contribution in [2.45, 2.75) is 58.9 Å². The number of hydrogen-bond donors (Lipinski definition) is 4. The molecule has 0 aliphatic rings. The Labute approximate surface area is 319 Å². The summed E-state index contributed by atoms with van der Waals surface area (Å²) < 4.78 is 17.7. The number of rotatable bonds is 19. The lowest BCUT2D eigenvalue weighted by Gasteiger charge is -2.13. The van der Waals surface area contributed by atoms with Crippen molar-refractivity contribution < 1.29 is 54.3 Å². The molecule has 4 N–H and O–H groups in total. The highest BCUT2D eigenvalue weighted by Crippen LogP contribution is 2.31. The fraction of sp³-hybridized carbons (Fsp3) is 0.314. The van der Waals surface area contributed by atoms with Crippen LogP contribution in [0.1, 0.15) is 66.8 Å². The molecule has 0 bridgehead atoms. The van der Waals surface area contributed by atoms with E-state index in [1.165, 1.54) is 12.1 Å². The molecule has 0 radical (unpaired) electrons. The summed E-state index contributed by atoms with van der Waals surface area (Å²) in [6.45, 7) is 3.57. The lowest BCUT2D eigenvalue weighted by atomic mass is 9.98. The van der Waals surface area contributed by atoms with Crippen LogP contribution in [0.25, 0.3) is 22.5 Å². The van der Waals surface area contributed by atoms with Crippen molar-refractivity contribution in [2.75, 3.05) is 13.2 Å². The first-order valence-corrected chi connectivity index (χ1v) is 17.4. The van der Waals surface area contributed by atoms with Crippen molar-refractivity contribution >= 4 is 23.7 Å². The van der Waals surface area contributed by atoms with Crippen molar-refractivity contribution in [3.8, 4) is 28.3 Å². The number of aryl methyl sites for hydroxylation is 1. The largest absolute Gasteiger partial charge is 0.515 e. The minimum absolute atomic E-state index is 0.0310. The number of benzene rings is 3. The molecular weight excluding hydrogens is 744 g/mol. The number of nitrogens with zero attached hydrogens (tertiary/aromatic N) is 8. The van der Waals surface area contributed by atoms with E-state index < -0.39 is 29.1 Å². The molecule has 0 aliphatic heterocycles. The van der Waals surface area contributed by atoms with Crippen LogP contribution in [-0.2, 0) is 38.7 Å². The second kappa shape index (κ2) is 19.8. The number of carbonyl (C=O) groups excluding carboxylic acids is 2. The van der Waals surface area contributed by atoms with E-state index in [0.29, 0.717) is 29.9 Å². The number of hydrogen-bond acceptors (Lipinski definition) is 17. The Morgan fingerprint density at radius 2 is 1.64 bits per heavy atom. The standard InChI is InChI=1S/C35H39ClN8O11/c1-3-4-13-30-37-32(36)31(34(45)51-18-8-19-52-43(47)48)41(30)21-24-14-16-26(17-15-24)28-11-5-6-12-29(28)33-38-40-42(39-33)23(2)54-35(46)55-27-10-7-9-25(20-27)22-53-44(49)50/h5-7,9-12,14-17,20,23,47-50H,3-4,8,13,18-19,21-22H2,1-2H3. The van der Waals surface area contributed by atoms with Crippen LogP contribution >= 0.6 is 11.6 Å². The normalized spacial score (nSPS) is 11.9. The SMILES string of the molecule is CCCCc1nc(Cl)c(C(=O)OCCCON(O)O)n1Cc1ccc(-c2ccccc2-c2nnn(C(C)OC(=O)Oc3cccc(CON(O)O)c3)n2)cc1. The van der Waals surface area contributed by atoms with E-state index >= 15 is 0 Å². The third-order valence-corrected chi connectivity index (χ3v) is 8.18. The number of unbranched alkanes of at least 4 members (excludes halogenated alkanes) is 1. The molecule has 0 amide bonds. The Bertz CT molecular complexity index is 2020. The Balaban J connectivity index is 1.27. The van der Waals surface area contributed by atoms with Crippen molar-refractivity contribution in [3.05, 3.63) is 101 Å². The van der Waals surface area contributed by atoms with Gasteiger partial charge in [-0.1, -0.05) is 85.6 Å². The van der Waals surface area contributed by atoms with Crippen LogP contribution in [0.2, 0.25) is 5.15 Å². The zero-order chi connectivity index (χ0) is 39.3. The van der Waals surface area contributed by atoms with Crippen molar-refractivity contribution in [3.63, 3.8) is 0 Å². The summed E-state index contributed by atoms with van der Waals surface area (Å²) in [5.74, 6) is 0.406. The first-order chi connectivity index (χ1) is 26.5. The van der Waals surface area contributed by atoms with E-state index in [9.17, 15) is 9.59 Å². The average Bonchev–Trinajstić information content (AvgIpc) is 3.78. The topological polar surface area (TPSA) is 229 Å². The second-order valence-electron chi connectivity index (χ2n) is 11.9. The van der Waals surface area contributed by atoms with Crippen LogP contribution in [0.3, 0.4) is 0 Å². The molecular formula is C35H39ClN8O11. The lowest BCUT2D eigenvalue weighted by Crippen LogP contribution is -2.19. The van der Waals surface area contributed by atoms with Gasteiger partial charge in [-0.05, 0) is 52.9 Å². The predicted octanol–water partition coefficient (Wildman–Crippen LogP) is 6.05. The highest BCUT2D eigenvalue weighted by molar-refractivity contribution is 6.32. The molecule has 2 aromatic heterocycles. The van der Waals surface area contributed by atoms with E-state index in [1.807, 2.05) is 48.5 Å². The number of imidazole rings is 1. The predicted molar refractivity (Wildman–Crippen MR) is 188 cm³/mol. The summed E-state index contributed by atoms with van der Waals surface area (Å²) in [4.78, 5) is 40.3. The van der Waals surface area contributed by atoms with Gasteiger partial charge in [-0.2, -0.15) is 0 Å². The highest BCUT2D eigenvalue weighted by Gasteiger charge is 2.24. The summed E-state index contributed by atoms with van der Waals surface area (Å²) in [5, 5.41) is 46.8. The van der Waals surface area contributed by atoms with Gasteiger partial charge in [0.05, 0.1) is 30.6 Å². The molecule has 0 fully saturated rings. The molecule has 55 heavy (non-hydrogen) atoms. The van der Waals surface area contributed by atoms with Gasteiger partial charge in [-0.15, -0.1) is 15.0 Å². The minimum atomic E-state index is -1.03. The Kier molecular flexibility index (Phi) is 14.7. The van der Waals surface area contributed by atoms with E-state index in [-0.39, 0.29) is 48.7 Å². The number of esters is 1. The molecule has 3 aromatic carbocycles. The maximum absolute atomic E-state index is 13.1. The van der Waals surface area contributed by atoms with Crippen molar-refractivity contribution in [2.24, 2.45) is 0 Å². The molecule has 1 atom stereocenters. The van der Waals surface area contributed by atoms with Gasteiger partial charge < -0.3 is 18.8 Å². The highest BCUT2D eigenvalue weighted by atomic mass is 35.5. The molecule has 5 aromatic rings. The summed E-state index contributed by atoms with van der Waals surface area (Å²) in [5.41, 5.74) is 3.81. The molecule has 20 heteroatoms. The van der Waals surface area contributed by atoms with Crippen LogP contribution < -0.4 is 4.74 Å². The quantitative estimate of drug-likeness (QED) is 0.0323. The monoisotopic (exact) mass is 782 g/mol. The third kappa shape index (κ3) is 11.6. The number of aromatic nitrogens is 6. The van der Waals surface area contributed by atoms with Gasteiger partial charge in [0.15, 0.2) is 10.8 Å². The molecule has 292 valence electrons. The average molecular weight is 783 g/mol. The Morgan fingerprint density at radius 3 is 2.36 bits per heavy atom. The molecule has 0 saturated heterocycles. The minimum Gasteiger partial charge on any atom is -0.461 e. The van der Waals surface area contributed by atoms with Crippen LogP contribution in [0.5, 0.6) is 5.75 Å². The smallest absolute Gasteiger partial charge is 0.461 e. The third-order valence-electron chi connectivity index (χ3n) is 7.92. The maximum atomic E-state index is 13.1. The Hall–Kier alpha value is -5.35. The summed E-state index contributed by atoms with van der Waals surface area (Å²) in [7, 11) is 0. The van der Waals surface area contributed by atoms with Crippen LogP contribution in [0.4, 0.5) is 4.79 Å². The molecule has 1 unspecified atom stereocenters. The first kappa shape index (κ1) is 40.8. The molecule has 0 aliphatic carbocycles. The van der Waals surface area contributed by atoms with Gasteiger partial charge in [-0.25, -0.2) is 19.4 Å².